The Bertz CT molecular complexity index is 624. The topological polar surface area (TPSA) is 63.4 Å². The van der Waals surface area contributed by atoms with E-state index < -0.39 is 0 Å². The van der Waals surface area contributed by atoms with Gasteiger partial charge in [0.25, 0.3) is 5.56 Å². The van der Waals surface area contributed by atoms with Crippen LogP contribution in [0.4, 0.5) is 0 Å². The molecule has 0 aliphatic carbocycles. The van der Waals surface area contributed by atoms with Crippen LogP contribution in [0.15, 0.2) is 35.3 Å². The number of hydrogen-bond donors (Lipinski definition) is 2. The summed E-state index contributed by atoms with van der Waals surface area (Å²) in [6.45, 7) is 4.68. The number of fused-ring (bicyclic) bond motifs is 1. The highest BCUT2D eigenvalue weighted by Crippen LogP contribution is 2.20. The lowest BCUT2D eigenvalue weighted by Crippen LogP contribution is -2.24. The van der Waals surface area contributed by atoms with E-state index in [0.717, 1.165) is 22.9 Å². The van der Waals surface area contributed by atoms with Crippen LogP contribution in [0, 0.1) is 0 Å². The second kappa shape index (κ2) is 7.93. The van der Waals surface area contributed by atoms with Gasteiger partial charge in [0.2, 0.25) is 0 Å². The Morgan fingerprint density at radius 2 is 1.95 bits per heavy atom. The van der Waals surface area contributed by atoms with Gasteiger partial charge in [0.15, 0.2) is 0 Å². The van der Waals surface area contributed by atoms with Crippen LogP contribution in [0.25, 0.3) is 10.8 Å². The van der Waals surface area contributed by atoms with Gasteiger partial charge in [0.05, 0.1) is 19.8 Å². The van der Waals surface area contributed by atoms with E-state index in [9.17, 15) is 4.79 Å². The fraction of sp³-hybridized carbons (Fsp3) is 0.438. The SMILES string of the molecule is COCCOCCNC(C)c1c[nH]c(=O)c2ccccc12. The Kier molecular flexibility index (Phi) is 5.92. The van der Waals surface area contributed by atoms with Crippen LogP contribution < -0.4 is 10.9 Å². The molecule has 5 heteroatoms. The lowest BCUT2D eigenvalue weighted by Gasteiger charge is -2.16. The smallest absolute Gasteiger partial charge is 0.255 e. The van der Waals surface area contributed by atoms with Gasteiger partial charge in [-0.05, 0) is 23.9 Å². The van der Waals surface area contributed by atoms with Crippen molar-refractivity contribution in [1.29, 1.82) is 0 Å². The summed E-state index contributed by atoms with van der Waals surface area (Å²) in [6.07, 6.45) is 1.79. The van der Waals surface area contributed by atoms with E-state index in [4.69, 9.17) is 9.47 Å². The van der Waals surface area contributed by atoms with Crippen molar-refractivity contribution in [2.24, 2.45) is 0 Å². The van der Waals surface area contributed by atoms with Gasteiger partial charge < -0.3 is 19.8 Å². The van der Waals surface area contributed by atoms with E-state index in [1.807, 2.05) is 24.3 Å². The number of aromatic nitrogens is 1. The lowest BCUT2D eigenvalue weighted by molar-refractivity contribution is 0.0712. The van der Waals surface area contributed by atoms with Crippen molar-refractivity contribution in [2.45, 2.75) is 13.0 Å². The third-order valence-electron chi connectivity index (χ3n) is 3.44. The molecule has 2 N–H and O–H groups in total. The van der Waals surface area contributed by atoms with Crippen LogP contribution in [0.1, 0.15) is 18.5 Å². The molecule has 0 radical (unpaired) electrons. The molecule has 0 saturated carbocycles. The second-order valence-corrected chi connectivity index (χ2v) is 4.90. The van der Waals surface area contributed by atoms with Crippen molar-refractivity contribution in [2.75, 3.05) is 33.5 Å². The third kappa shape index (κ3) is 4.14. The summed E-state index contributed by atoms with van der Waals surface area (Å²) in [5.41, 5.74) is 1.03. The molecular weight excluding hydrogens is 268 g/mol. The van der Waals surface area contributed by atoms with Crippen LogP contribution in [0.3, 0.4) is 0 Å². The zero-order valence-electron chi connectivity index (χ0n) is 12.5. The average molecular weight is 290 g/mol. The molecule has 1 aromatic heterocycles. The maximum absolute atomic E-state index is 11.8. The van der Waals surface area contributed by atoms with Crippen molar-refractivity contribution in [3.8, 4) is 0 Å². The number of pyridine rings is 1. The second-order valence-electron chi connectivity index (χ2n) is 4.90. The van der Waals surface area contributed by atoms with E-state index in [1.165, 1.54) is 0 Å². The number of methoxy groups -OCH3 is 1. The fourth-order valence-electron chi connectivity index (χ4n) is 2.29. The van der Waals surface area contributed by atoms with Gasteiger partial charge in [-0.1, -0.05) is 18.2 Å². The Labute approximate surface area is 124 Å². The van der Waals surface area contributed by atoms with Crippen molar-refractivity contribution in [3.63, 3.8) is 0 Å². The van der Waals surface area contributed by atoms with Crippen molar-refractivity contribution < 1.29 is 9.47 Å². The summed E-state index contributed by atoms with van der Waals surface area (Å²) >= 11 is 0. The van der Waals surface area contributed by atoms with Crippen molar-refractivity contribution in [3.05, 3.63) is 46.4 Å². The lowest BCUT2D eigenvalue weighted by atomic mass is 10.0. The molecule has 21 heavy (non-hydrogen) atoms. The molecular formula is C16H22N2O3. The van der Waals surface area contributed by atoms with Gasteiger partial charge in [-0.2, -0.15) is 0 Å². The number of aromatic amines is 1. The van der Waals surface area contributed by atoms with Gasteiger partial charge in [-0.25, -0.2) is 0 Å². The molecule has 1 heterocycles. The molecule has 1 aromatic carbocycles. The molecule has 1 unspecified atom stereocenters. The van der Waals surface area contributed by atoms with E-state index in [1.54, 1.807) is 13.3 Å². The van der Waals surface area contributed by atoms with Gasteiger partial charge in [-0.15, -0.1) is 0 Å². The summed E-state index contributed by atoms with van der Waals surface area (Å²) in [6, 6.07) is 7.79. The number of H-pyrrole nitrogens is 1. The van der Waals surface area contributed by atoms with Crippen LogP contribution in [-0.2, 0) is 9.47 Å². The van der Waals surface area contributed by atoms with Gasteiger partial charge in [0, 0.05) is 31.3 Å². The molecule has 114 valence electrons. The summed E-state index contributed by atoms with van der Waals surface area (Å²) < 4.78 is 10.3. The first-order valence-electron chi connectivity index (χ1n) is 7.14. The van der Waals surface area contributed by atoms with Gasteiger partial charge >= 0.3 is 0 Å². The first-order valence-corrected chi connectivity index (χ1v) is 7.14. The summed E-state index contributed by atoms with van der Waals surface area (Å²) in [7, 11) is 1.66. The molecule has 1 atom stereocenters. The standard InChI is InChI=1S/C16H22N2O3/c1-12(17-7-8-21-10-9-20-2)15-11-18-16(19)14-6-4-3-5-13(14)15/h3-6,11-12,17H,7-10H2,1-2H3,(H,18,19). The summed E-state index contributed by atoms with van der Waals surface area (Å²) in [5.74, 6) is 0. The van der Waals surface area contributed by atoms with Crippen molar-refractivity contribution >= 4 is 10.8 Å². The van der Waals surface area contributed by atoms with Crippen LogP contribution in [0.2, 0.25) is 0 Å². The molecule has 0 amide bonds. The molecule has 0 bridgehead atoms. The zero-order chi connectivity index (χ0) is 15.1. The minimum Gasteiger partial charge on any atom is -0.382 e. The first kappa shape index (κ1) is 15.7. The predicted molar refractivity (Wildman–Crippen MR) is 83.7 cm³/mol. The highest BCUT2D eigenvalue weighted by Gasteiger charge is 2.10. The molecule has 0 saturated heterocycles. The molecule has 2 rings (SSSR count). The maximum Gasteiger partial charge on any atom is 0.255 e. The highest BCUT2D eigenvalue weighted by molar-refractivity contribution is 5.84. The number of nitrogens with one attached hydrogen (secondary N) is 2. The molecule has 0 aliphatic heterocycles. The maximum atomic E-state index is 11.8. The van der Waals surface area contributed by atoms with Crippen LogP contribution in [-0.4, -0.2) is 38.5 Å². The molecule has 0 spiro atoms. The quantitative estimate of drug-likeness (QED) is 0.728. The average Bonchev–Trinajstić information content (AvgIpc) is 2.51. The Morgan fingerprint density at radius 3 is 2.71 bits per heavy atom. The van der Waals surface area contributed by atoms with Gasteiger partial charge in [0.1, 0.15) is 0 Å². The van der Waals surface area contributed by atoms with Crippen LogP contribution in [0.5, 0.6) is 0 Å². The Hall–Kier alpha value is -1.69. The number of rotatable bonds is 8. The summed E-state index contributed by atoms with van der Waals surface area (Å²) in [4.78, 5) is 14.6. The molecule has 0 aliphatic rings. The first-order chi connectivity index (χ1) is 10.2. The Morgan fingerprint density at radius 1 is 1.19 bits per heavy atom. The van der Waals surface area contributed by atoms with Crippen LogP contribution >= 0.6 is 0 Å². The summed E-state index contributed by atoms with van der Waals surface area (Å²) in [5, 5.41) is 5.11. The highest BCUT2D eigenvalue weighted by atomic mass is 16.5. The molecule has 0 fully saturated rings. The number of ether oxygens (including phenoxy) is 2. The van der Waals surface area contributed by atoms with Gasteiger partial charge in [-0.3, -0.25) is 4.79 Å². The molecule has 2 aromatic rings. The number of hydrogen-bond acceptors (Lipinski definition) is 4. The largest absolute Gasteiger partial charge is 0.382 e. The van der Waals surface area contributed by atoms with E-state index in [0.29, 0.717) is 19.8 Å². The predicted octanol–water partition coefficient (Wildman–Crippen LogP) is 1.84. The Balaban J connectivity index is 1.98. The van der Waals surface area contributed by atoms with E-state index >= 15 is 0 Å². The molecule has 5 nitrogen and oxygen atoms in total. The van der Waals surface area contributed by atoms with E-state index in [2.05, 4.69) is 17.2 Å². The fourth-order valence-corrected chi connectivity index (χ4v) is 2.29. The third-order valence-corrected chi connectivity index (χ3v) is 3.44. The minimum absolute atomic E-state index is 0.0514. The normalized spacial score (nSPS) is 12.7. The number of benzene rings is 1. The zero-order valence-corrected chi connectivity index (χ0v) is 12.5. The van der Waals surface area contributed by atoms with Crippen molar-refractivity contribution in [1.82, 2.24) is 10.3 Å². The minimum atomic E-state index is -0.0514. The monoisotopic (exact) mass is 290 g/mol. The van der Waals surface area contributed by atoms with E-state index in [-0.39, 0.29) is 11.6 Å².